The molecule has 0 aromatic heterocycles. The molecular formula is C33H24F6N2O6. The van der Waals surface area contributed by atoms with Gasteiger partial charge in [0, 0.05) is 0 Å². The van der Waals surface area contributed by atoms with Gasteiger partial charge in [-0.1, -0.05) is 36.4 Å². The third-order valence-electron chi connectivity index (χ3n) is 11.1. The normalized spacial score (nSPS) is 32.4. The van der Waals surface area contributed by atoms with E-state index in [9.17, 15) is 29.4 Å². The molecule has 2 aliphatic heterocycles. The summed E-state index contributed by atoms with van der Waals surface area (Å²) in [6.45, 7) is 0. The molecule has 8 unspecified atom stereocenters. The number of nitrogens with zero attached hydrogens (tertiary/aromatic N) is 2. The van der Waals surface area contributed by atoms with Crippen LogP contribution >= 0.6 is 0 Å². The highest BCUT2D eigenvalue weighted by Crippen LogP contribution is 2.60. The summed E-state index contributed by atoms with van der Waals surface area (Å²) in [5.41, 5.74) is -9.50. The first kappa shape index (κ1) is 29.8. The molecule has 2 saturated carbocycles. The molecule has 2 aromatic rings. The Morgan fingerprint density at radius 2 is 0.830 bits per heavy atom. The molecule has 2 heterocycles. The van der Waals surface area contributed by atoms with Crippen molar-refractivity contribution in [1.82, 2.24) is 0 Å². The van der Waals surface area contributed by atoms with E-state index in [4.69, 9.17) is 0 Å². The Hall–Kier alpha value is -4.62. The maximum absolute atomic E-state index is 15.2. The lowest BCUT2D eigenvalue weighted by Gasteiger charge is -2.39. The van der Waals surface area contributed by atoms with Crippen molar-refractivity contribution in [2.75, 3.05) is 9.80 Å². The SMILES string of the molecule is O=C1C2C3C=CC(C3)C2C(=O)N1c1cc(C(c2ccc(O)c(N3C(=O)C4C5C=CC(C5)C4C3=O)c2)(C(F)(F)F)C(F)(F)F)ccc1O. The van der Waals surface area contributed by atoms with Gasteiger partial charge in [-0.05, 0) is 71.9 Å². The van der Waals surface area contributed by atoms with E-state index in [-0.39, 0.29) is 23.7 Å². The molecule has 8 atom stereocenters. The minimum Gasteiger partial charge on any atom is -0.506 e. The van der Waals surface area contributed by atoms with Crippen LogP contribution in [0.5, 0.6) is 11.5 Å². The van der Waals surface area contributed by atoms with Gasteiger partial charge in [-0.15, -0.1) is 0 Å². The Labute approximate surface area is 261 Å². The molecule has 8 nitrogen and oxygen atoms in total. The molecule has 47 heavy (non-hydrogen) atoms. The molecule has 4 fully saturated rings. The Balaban J connectivity index is 1.27. The van der Waals surface area contributed by atoms with E-state index in [0.717, 1.165) is 0 Å². The maximum Gasteiger partial charge on any atom is 0.411 e. The van der Waals surface area contributed by atoms with Crippen molar-refractivity contribution in [3.05, 3.63) is 71.8 Å². The standard InChI is InChI=1S/C33H24F6N2O6/c34-32(35,36)31(33(37,38)39,17-5-7-21(42)19(11-17)40-27(44)23-13-1-2-14(9-13)24(23)28(40)45)18-6-8-22(43)20(12-18)41-29(46)25-15-3-4-16(10-15)26(25)30(41)47/h1-8,11-16,23-26,42-43H,9-10H2. The first-order chi connectivity index (χ1) is 22.1. The average Bonchev–Trinajstić information content (AvgIpc) is 3.83. The van der Waals surface area contributed by atoms with E-state index in [1.54, 1.807) is 24.3 Å². The second-order valence-electron chi connectivity index (χ2n) is 13.2. The molecule has 4 amide bonds. The quantitative estimate of drug-likeness (QED) is 0.268. The fraction of sp³-hybridized carbons (Fsp3) is 0.394. The van der Waals surface area contributed by atoms with Crippen LogP contribution in [-0.4, -0.2) is 46.2 Å². The summed E-state index contributed by atoms with van der Waals surface area (Å²) in [6, 6.07) is 2.55. The van der Waals surface area contributed by atoms with Crippen LogP contribution < -0.4 is 9.80 Å². The molecule has 0 radical (unpaired) electrons. The first-order valence-corrected chi connectivity index (χ1v) is 15.0. The predicted molar refractivity (Wildman–Crippen MR) is 150 cm³/mol. The van der Waals surface area contributed by atoms with E-state index in [2.05, 4.69) is 0 Å². The molecule has 14 heteroatoms. The number of hydrogen-bond acceptors (Lipinski definition) is 6. The van der Waals surface area contributed by atoms with Gasteiger partial charge in [0.15, 0.2) is 0 Å². The lowest BCUT2D eigenvalue weighted by molar-refractivity contribution is -0.288. The number of carbonyl (C=O) groups excluding carboxylic acids is 4. The van der Waals surface area contributed by atoms with Crippen LogP contribution in [0.25, 0.3) is 0 Å². The third-order valence-corrected chi connectivity index (χ3v) is 11.1. The van der Waals surface area contributed by atoms with Gasteiger partial charge in [-0.25, -0.2) is 9.80 Å². The Morgan fingerprint density at radius 1 is 0.532 bits per heavy atom. The van der Waals surface area contributed by atoms with Gasteiger partial charge in [0.25, 0.3) is 0 Å². The van der Waals surface area contributed by atoms with Crippen molar-refractivity contribution in [1.29, 1.82) is 0 Å². The molecular weight excluding hydrogens is 634 g/mol. The number of imide groups is 2. The Kier molecular flexibility index (Phi) is 5.86. The van der Waals surface area contributed by atoms with Gasteiger partial charge in [-0.2, -0.15) is 26.3 Å². The first-order valence-electron chi connectivity index (χ1n) is 15.0. The van der Waals surface area contributed by atoms with Crippen molar-refractivity contribution in [3.8, 4) is 11.5 Å². The van der Waals surface area contributed by atoms with E-state index < -0.39 is 99.1 Å². The fourth-order valence-corrected chi connectivity index (χ4v) is 9.13. The zero-order chi connectivity index (χ0) is 33.5. The van der Waals surface area contributed by atoms with Crippen LogP contribution in [0.2, 0.25) is 0 Å². The molecule has 244 valence electrons. The number of carbonyl (C=O) groups is 4. The van der Waals surface area contributed by atoms with Crippen LogP contribution in [-0.2, 0) is 24.6 Å². The lowest BCUT2D eigenvalue weighted by Crippen LogP contribution is -2.55. The number of anilines is 2. The largest absolute Gasteiger partial charge is 0.506 e. The minimum absolute atomic E-state index is 0.321. The van der Waals surface area contributed by atoms with Crippen LogP contribution in [0.15, 0.2) is 60.7 Å². The summed E-state index contributed by atoms with van der Waals surface area (Å²) < 4.78 is 91.3. The highest BCUT2D eigenvalue weighted by Gasteiger charge is 2.73. The number of phenols is 2. The number of amides is 4. The summed E-state index contributed by atoms with van der Waals surface area (Å²) in [6.07, 6.45) is -4.26. The average molecular weight is 659 g/mol. The zero-order valence-electron chi connectivity index (χ0n) is 24.0. The number of aromatic hydroxyl groups is 2. The summed E-state index contributed by atoms with van der Waals surface area (Å²) >= 11 is 0. The fourth-order valence-electron chi connectivity index (χ4n) is 9.13. The number of hydrogen-bond donors (Lipinski definition) is 2. The number of fused-ring (bicyclic) bond motifs is 10. The minimum atomic E-state index is -6.15. The Morgan fingerprint density at radius 3 is 1.11 bits per heavy atom. The number of benzene rings is 2. The Bertz CT molecular complexity index is 1670. The number of rotatable bonds is 4. The van der Waals surface area contributed by atoms with E-state index in [1.807, 2.05) is 0 Å². The van der Waals surface area contributed by atoms with Crippen LogP contribution in [0.1, 0.15) is 24.0 Å². The van der Waals surface area contributed by atoms with Crippen LogP contribution in [0, 0.1) is 47.3 Å². The predicted octanol–water partition coefficient (Wildman–Crippen LogP) is 5.13. The molecule has 8 rings (SSSR count). The molecule has 6 aliphatic rings. The van der Waals surface area contributed by atoms with Gasteiger partial charge in [-0.3, -0.25) is 19.2 Å². The van der Waals surface area contributed by atoms with Crippen LogP contribution in [0.3, 0.4) is 0 Å². The van der Waals surface area contributed by atoms with Crippen molar-refractivity contribution in [2.45, 2.75) is 30.6 Å². The molecule has 2 saturated heterocycles. The molecule has 0 spiro atoms. The summed E-state index contributed by atoms with van der Waals surface area (Å²) in [7, 11) is 0. The van der Waals surface area contributed by atoms with E-state index in [1.165, 1.54) is 0 Å². The van der Waals surface area contributed by atoms with Gasteiger partial charge in [0.2, 0.25) is 29.0 Å². The van der Waals surface area contributed by atoms with E-state index >= 15 is 26.3 Å². The zero-order valence-corrected chi connectivity index (χ0v) is 24.0. The second-order valence-corrected chi connectivity index (χ2v) is 13.2. The summed E-state index contributed by atoms with van der Waals surface area (Å²) in [4.78, 5) is 54.5. The topological polar surface area (TPSA) is 115 Å². The number of allylic oxidation sites excluding steroid dienone is 4. The van der Waals surface area contributed by atoms with Gasteiger partial charge in [0.05, 0.1) is 35.0 Å². The van der Waals surface area contributed by atoms with Crippen molar-refractivity contribution < 1.29 is 55.7 Å². The van der Waals surface area contributed by atoms with Gasteiger partial charge in [0.1, 0.15) is 11.5 Å². The lowest BCUT2D eigenvalue weighted by atomic mass is 9.72. The smallest absolute Gasteiger partial charge is 0.411 e. The highest BCUT2D eigenvalue weighted by atomic mass is 19.4. The van der Waals surface area contributed by atoms with Gasteiger partial charge >= 0.3 is 12.4 Å². The van der Waals surface area contributed by atoms with Crippen molar-refractivity contribution in [3.63, 3.8) is 0 Å². The monoisotopic (exact) mass is 658 g/mol. The molecule has 2 aromatic carbocycles. The summed E-state index contributed by atoms with van der Waals surface area (Å²) in [5, 5.41) is 21.3. The molecule has 2 N–H and O–H groups in total. The second kappa shape index (κ2) is 9.26. The molecule has 4 bridgehead atoms. The van der Waals surface area contributed by atoms with Crippen molar-refractivity contribution in [2.24, 2.45) is 47.3 Å². The number of phenolic OH excluding ortho intramolecular Hbond substituents is 2. The van der Waals surface area contributed by atoms with Crippen LogP contribution in [0.4, 0.5) is 37.7 Å². The summed E-state index contributed by atoms with van der Waals surface area (Å²) in [5.74, 6) is -9.79. The number of halogens is 6. The van der Waals surface area contributed by atoms with Gasteiger partial charge < -0.3 is 10.2 Å². The maximum atomic E-state index is 15.2. The van der Waals surface area contributed by atoms with Crippen molar-refractivity contribution >= 4 is 35.0 Å². The number of alkyl halides is 6. The third kappa shape index (κ3) is 3.61. The highest BCUT2D eigenvalue weighted by molar-refractivity contribution is 6.24. The molecule has 4 aliphatic carbocycles. The van der Waals surface area contributed by atoms with E-state index in [0.29, 0.717) is 59.0 Å².